The Kier molecular flexibility index (Phi) is 5.65. The first-order chi connectivity index (χ1) is 14.1. The Labute approximate surface area is 171 Å². The Morgan fingerprint density at radius 3 is 2.48 bits per heavy atom. The number of carbonyl (C=O) groups excluding carboxylic acids is 1. The molecular formula is C24H26N2O3. The van der Waals surface area contributed by atoms with Crippen LogP contribution >= 0.6 is 0 Å². The maximum absolute atomic E-state index is 12.7. The third-order valence-electron chi connectivity index (χ3n) is 5.46. The van der Waals surface area contributed by atoms with Gasteiger partial charge in [0.05, 0.1) is 0 Å². The first-order valence-electron chi connectivity index (χ1n) is 10.1. The van der Waals surface area contributed by atoms with Crippen LogP contribution in [0.3, 0.4) is 0 Å². The fourth-order valence-electron chi connectivity index (χ4n) is 3.50. The zero-order valence-corrected chi connectivity index (χ0v) is 16.9. The van der Waals surface area contributed by atoms with Crippen molar-refractivity contribution in [3.05, 3.63) is 71.6 Å². The summed E-state index contributed by atoms with van der Waals surface area (Å²) in [6.45, 7) is 6.16. The first-order valence-corrected chi connectivity index (χ1v) is 10.1. The maximum Gasteiger partial charge on any atom is 0.253 e. The number of benzene rings is 2. The molecule has 5 heteroatoms. The number of rotatable bonds is 5. The number of aromatic nitrogens is 1. The first kappa shape index (κ1) is 19.2. The van der Waals surface area contributed by atoms with Crippen molar-refractivity contribution in [2.75, 3.05) is 13.1 Å². The number of carbonyl (C=O) groups is 1. The van der Waals surface area contributed by atoms with Crippen LogP contribution in [0.15, 0.2) is 59.0 Å². The summed E-state index contributed by atoms with van der Waals surface area (Å²) in [6.07, 6.45) is 2.15. The highest BCUT2D eigenvalue weighted by Crippen LogP contribution is 2.24. The number of para-hydroxylation sites is 1. The van der Waals surface area contributed by atoms with Crippen molar-refractivity contribution in [3.63, 3.8) is 0 Å². The molecule has 5 nitrogen and oxygen atoms in total. The molecule has 3 aromatic rings. The van der Waals surface area contributed by atoms with Crippen molar-refractivity contribution in [1.82, 2.24) is 9.88 Å². The molecule has 0 N–H and O–H groups in total. The van der Waals surface area contributed by atoms with Gasteiger partial charge in [-0.05, 0) is 62.1 Å². The normalized spacial score (nSPS) is 14.8. The number of oxazole rings is 1. The van der Waals surface area contributed by atoms with Gasteiger partial charge in [0.1, 0.15) is 23.8 Å². The van der Waals surface area contributed by atoms with Crippen LogP contribution in [0, 0.1) is 12.8 Å². The summed E-state index contributed by atoms with van der Waals surface area (Å²) in [6, 6.07) is 17.1. The van der Waals surface area contributed by atoms with E-state index in [1.807, 2.05) is 66.4 Å². The Hall–Kier alpha value is -3.08. The van der Waals surface area contributed by atoms with Gasteiger partial charge in [-0.3, -0.25) is 4.79 Å². The predicted octanol–water partition coefficient (Wildman–Crippen LogP) is 5.10. The topological polar surface area (TPSA) is 55.6 Å². The van der Waals surface area contributed by atoms with Gasteiger partial charge in [-0.25, -0.2) is 4.98 Å². The van der Waals surface area contributed by atoms with Gasteiger partial charge in [0, 0.05) is 24.2 Å². The quantitative estimate of drug-likeness (QED) is 0.608. The molecule has 1 aromatic heterocycles. The second-order valence-electron chi connectivity index (χ2n) is 7.68. The van der Waals surface area contributed by atoms with E-state index >= 15 is 0 Å². The van der Waals surface area contributed by atoms with E-state index in [0.717, 1.165) is 48.7 Å². The van der Waals surface area contributed by atoms with Gasteiger partial charge in [-0.2, -0.15) is 0 Å². The standard InChI is InChI=1S/C24H26N2O3/c1-17-12-14-26(15-13-17)24(27)20-10-8-19(9-11-20)23-25-22(18(2)29-23)16-28-21-6-4-3-5-7-21/h3-11,17H,12-16H2,1-2H3. The molecular weight excluding hydrogens is 364 g/mol. The van der Waals surface area contributed by atoms with Crippen LogP contribution in [0.5, 0.6) is 5.75 Å². The number of likely N-dealkylation sites (tertiary alicyclic amines) is 1. The minimum Gasteiger partial charge on any atom is -0.487 e. The number of aryl methyl sites for hydroxylation is 1. The SMILES string of the molecule is Cc1oc(-c2ccc(C(=O)N3CCC(C)CC3)cc2)nc1COc1ccccc1. The van der Waals surface area contributed by atoms with Crippen LogP contribution < -0.4 is 4.74 Å². The molecule has 2 heterocycles. The highest BCUT2D eigenvalue weighted by molar-refractivity contribution is 5.94. The van der Waals surface area contributed by atoms with Crippen LogP contribution in [0.1, 0.15) is 41.6 Å². The molecule has 1 aliphatic rings. The minimum atomic E-state index is 0.101. The van der Waals surface area contributed by atoms with Gasteiger partial charge in [-0.15, -0.1) is 0 Å². The van der Waals surface area contributed by atoms with E-state index in [0.29, 0.717) is 24.0 Å². The van der Waals surface area contributed by atoms with Crippen molar-refractivity contribution in [2.24, 2.45) is 5.92 Å². The molecule has 1 amide bonds. The number of hydrogen-bond acceptors (Lipinski definition) is 4. The number of nitrogens with zero attached hydrogens (tertiary/aromatic N) is 2. The molecule has 1 fully saturated rings. The van der Waals surface area contributed by atoms with Crippen molar-refractivity contribution < 1.29 is 13.9 Å². The van der Waals surface area contributed by atoms with E-state index < -0.39 is 0 Å². The molecule has 0 radical (unpaired) electrons. The lowest BCUT2D eigenvalue weighted by atomic mass is 9.98. The second-order valence-corrected chi connectivity index (χ2v) is 7.68. The van der Waals surface area contributed by atoms with E-state index in [9.17, 15) is 4.79 Å². The van der Waals surface area contributed by atoms with Crippen molar-refractivity contribution in [3.8, 4) is 17.2 Å². The zero-order chi connectivity index (χ0) is 20.2. The maximum atomic E-state index is 12.7. The van der Waals surface area contributed by atoms with Gasteiger partial charge in [-0.1, -0.05) is 25.1 Å². The number of hydrogen-bond donors (Lipinski definition) is 0. The number of amides is 1. The fourth-order valence-corrected chi connectivity index (χ4v) is 3.50. The molecule has 0 bridgehead atoms. The van der Waals surface area contributed by atoms with E-state index in [4.69, 9.17) is 9.15 Å². The molecule has 0 spiro atoms. The van der Waals surface area contributed by atoms with E-state index in [1.165, 1.54) is 0 Å². The van der Waals surface area contributed by atoms with E-state index in [-0.39, 0.29) is 5.91 Å². The summed E-state index contributed by atoms with van der Waals surface area (Å²) in [4.78, 5) is 19.2. The van der Waals surface area contributed by atoms with Gasteiger partial charge >= 0.3 is 0 Å². The van der Waals surface area contributed by atoms with Gasteiger partial charge < -0.3 is 14.1 Å². The lowest BCUT2D eigenvalue weighted by molar-refractivity contribution is 0.0697. The van der Waals surface area contributed by atoms with Crippen LogP contribution in [-0.4, -0.2) is 28.9 Å². The van der Waals surface area contributed by atoms with E-state index in [1.54, 1.807) is 0 Å². The number of ether oxygens (including phenoxy) is 1. The van der Waals surface area contributed by atoms with Crippen LogP contribution in [0.4, 0.5) is 0 Å². The molecule has 1 saturated heterocycles. The lowest BCUT2D eigenvalue weighted by Gasteiger charge is -2.30. The molecule has 150 valence electrons. The average Bonchev–Trinajstić information content (AvgIpc) is 3.14. The molecule has 0 atom stereocenters. The van der Waals surface area contributed by atoms with Crippen molar-refractivity contribution in [1.29, 1.82) is 0 Å². The van der Waals surface area contributed by atoms with Gasteiger partial charge in [0.15, 0.2) is 0 Å². The summed E-state index contributed by atoms with van der Waals surface area (Å²) in [5.41, 5.74) is 2.33. The predicted molar refractivity (Wildman–Crippen MR) is 112 cm³/mol. The molecule has 0 aliphatic carbocycles. The van der Waals surface area contributed by atoms with Crippen molar-refractivity contribution >= 4 is 5.91 Å². The summed E-state index contributed by atoms with van der Waals surface area (Å²) in [5, 5.41) is 0. The Balaban J connectivity index is 1.43. The largest absolute Gasteiger partial charge is 0.487 e. The molecule has 4 rings (SSSR count). The number of piperidine rings is 1. The van der Waals surface area contributed by atoms with Crippen LogP contribution in [0.2, 0.25) is 0 Å². The molecule has 2 aromatic carbocycles. The summed E-state index contributed by atoms with van der Waals surface area (Å²) >= 11 is 0. The van der Waals surface area contributed by atoms with Crippen molar-refractivity contribution in [2.45, 2.75) is 33.3 Å². The highest BCUT2D eigenvalue weighted by atomic mass is 16.5. The molecule has 0 saturated carbocycles. The molecule has 29 heavy (non-hydrogen) atoms. The third-order valence-corrected chi connectivity index (χ3v) is 5.46. The Morgan fingerprint density at radius 2 is 1.79 bits per heavy atom. The summed E-state index contributed by atoms with van der Waals surface area (Å²) in [7, 11) is 0. The Morgan fingerprint density at radius 1 is 1.10 bits per heavy atom. The highest BCUT2D eigenvalue weighted by Gasteiger charge is 2.21. The smallest absolute Gasteiger partial charge is 0.253 e. The minimum absolute atomic E-state index is 0.101. The van der Waals surface area contributed by atoms with Gasteiger partial charge in [0.25, 0.3) is 5.91 Å². The molecule has 1 aliphatic heterocycles. The van der Waals surface area contributed by atoms with Crippen LogP contribution in [0.25, 0.3) is 11.5 Å². The summed E-state index contributed by atoms with van der Waals surface area (Å²) in [5.74, 6) is 2.88. The van der Waals surface area contributed by atoms with Crippen LogP contribution in [-0.2, 0) is 6.61 Å². The summed E-state index contributed by atoms with van der Waals surface area (Å²) < 4.78 is 11.6. The zero-order valence-electron chi connectivity index (χ0n) is 16.9. The fraction of sp³-hybridized carbons (Fsp3) is 0.333. The average molecular weight is 390 g/mol. The monoisotopic (exact) mass is 390 g/mol. The van der Waals surface area contributed by atoms with E-state index in [2.05, 4.69) is 11.9 Å². The second kappa shape index (κ2) is 8.52. The van der Waals surface area contributed by atoms with Gasteiger partial charge in [0.2, 0.25) is 5.89 Å². The Bertz CT molecular complexity index is 956. The third kappa shape index (κ3) is 4.50. The lowest BCUT2D eigenvalue weighted by Crippen LogP contribution is -2.37. The molecule has 0 unspecified atom stereocenters.